The predicted octanol–water partition coefficient (Wildman–Crippen LogP) is 4.74. The number of halogens is 2. The summed E-state index contributed by atoms with van der Waals surface area (Å²) in [5.41, 5.74) is 2.29. The first-order valence-corrected chi connectivity index (χ1v) is 7.55. The Kier molecular flexibility index (Phi) is 4.25. The summed E-state index contributed by atoms with van der Waals surface area (Å²) in [6, 6.07) is 11.6. The van der Waals surface area contributed by atoms with Crippen LogP contribution in [-0.4, -0.2) is 16.1 Å². The van der Waals surface area contributed by atoms with Gasteiger partial charge in [-0.25, -0.2) is 9.37 Å². The Morgan fingerprint density at radius 2 is 2.09 bits per heavy atom. The van der Waals surface area contributed by atoms with Crippen LogP contribution in [0, 0.1) is 5.82 Å². The van der Waals surface area contributed by atoms with E-state index in [1.54, 1.807) is 30.3 Å². The van der Waals surface area contributed by atoms with Crippen molar-refractivity contribution in [1.29, 1.82) is 0 Å². The molecule has 3 aromatic rings. The highest BCUT2D eigenvalue weighted by Gasteiger charge is 2.14. The Hall–Kier alpha value is -2.47. The number of carbonyl (C=O) groups is 1. The fourth-order valence-corrected chi connectivity index (χ4v) is 2.56. The molecular formula is C17H11BrFNO3. The maximum absolute atomic E-state index is 13.3. The summed E-state index contributed by atoms with van der Waals surface area (Å²) in [5.74, 6) is -1.14. The number of hydrogen-bond donors (Lipinski definition) is 1. The smallest absolute Gasteiger partial charge is 0.308 e. The molecule has 0 saturated carbocycles. The molecule has 1 heterocycles. The normalized spacial score (nSPS) is 11.8. The first kappa shape index (κ1) is 15.4. The van der Waals surface area contributed by atoms with Crippen LogP contribution < -0.4 is 0 Å². The van der Waals surface area contributed by atoms with Crippen LogP contribution in [0.1, 0.15) is 17.9 Å². The monoisotopic (exact) mass is 375 g/mol. The van der Waals surface area contributed by atoms with Crippen molar-refractivity contribution in [2.75, 3.05) is 0 Å². The van der Waals surface area contributed by atoms with Gasteiger partial charge in [-0.2, -0.15) is 0 Å². The lowest BCUT2D eigenvalue weighted by Crippen LogP contribution is -1.97. The number of rotatable bonds is 4. The van der Waals surface area contributed by atoms with E-state index in [1.165, 1.54) is 6.07 Å². The standard InChI is InChI=1S/C17H11BrFNO3/c18-12-8-10(5-6-13(12)19)7-11(9-16(21)22)17-20-14-3-1-2-4-15(14)23-17/h1-8H,9H2,(H,21,22)/b11-7+. The number of aromatic nitrogens is 1. The number of benzene rings is 2. The Balaban J connectivity index is 2.07. The van der Waals surface area contributed by atoms with Gasteiger partial charge >= 0.3 is 5.97 Å². The molecule has 0 aliphatic carbocycles. The molecule has 23 heavy (non-hydrogen) atoms. The van der Waals surface area contributed by atoms with E-state index in [0.29, 0.717) is 26.7 Å². The minimum absolute atomic E-state index is 0.244. The van der Waals surface area contributed by atoms with E-state index in [4.69, 9.17) is 9.52 Å². The molecule has 0 atom stereocenters. The molecule has 6 heteroatoms. The Bertz CT molecular complexity index is 884. The van der Waals surface area contributed by atoms with Gasteiger partial charge in [-0.05, 0) is 51.8 Å². The topological polar surface area (TPSA) is 63.3 Å². The fraction of sp³-hybridized carbons (Fsp3) is 0.0588. The van der Waals surface area contributed by atoms with Gasteiger partial charge in [0.25, 0.3) is 0 Å². The maximum Gasteiger partial charge on any atom is 0.308 e. The SMILES string of the molecule is O=C(O)C/C(=C\c1ccc(F)c(Br)c1)c1nc2ccccc2o1. The van der Waals surface area contributed by atoms with Crippen LogP contribution in [0.5, 0.6) is 0 Å². The molecule has 0 saturated heterocycles. The van der Waals surface area contributed by atoms with Gasteiger partial charge in [-0.15, -0.1) is 0 Å². The van der Waals surface area contributed by atoms with Gasteiger partial charge < -0.3 is 9.52 Å². The third-order valence-corrected chi connectivity index (χ3v) is 3.80. The highest BCUT2D eigenvalue weighted by molar-refractivity contribution is 9.10. The number of nitrogens with zero attached hydrogens (tertiary/aromatic N) is 1. The Morgan fingerprint density at radius 3 is 2.78 bits per heavy atom. The van der Waals surface area contributed by atoms with Crippen molar-refractivity contribution in [3.63, 3.8) is 0 Å². The summed E-state index contributed by atoms with van der Waals surface area (Å²) in [7, 11) is 0. The van der Waals surface area contributed by atoms with Crippen LogP contribution in [-0.2, 0) is 4.79 Å². The second-order valence-electron chi connectivity index (χ2n) is 4.90. The molecule has 0 aliphatic heterocycles. The number of oxazole rings is 1. The average Bonchev–Trinajstić information content (AvgIpc) is 2.94. The summed E-state index contributed by atoms with van der Waals surface area (Å²) >= 11 is 3.11. The van der Waals surface area contributed by atoms with Gasteiger partial charge in [-0.3, -0.25) is 4.79 Å². The van der Waals surface area contributed by atoms with E-state index in [9.17, 15) is 9.18 Å². The second kappa shape index (κ2) is 6.34. The molecular weight excluding hydrogens is 365 g/mol. The van der Waals surface area contributed by atoms with Crippen molar-refractivity contribution < 1.29 is 18.7 Å². The summed E-state index contributed by atoms with van der Waals surface area (Å²) in [4.78, 5) is 15.4. The number of aliphatic carboxylic acids is 1. The van der Waals surface area contributed by atoms with Crippen LogP contribution in [0.2, 0.25) is 0 Å². The number of para-hydroxylation sites is 2. The van der Waals surface area contributed by atoms with Gasteiger partial charge in [0.2, 0.25) is 5.89 Å². The Labute approximate surface area is 139 Å². The zero-order chi connectivity index (χ0) is 16.4. The van der Waals surface area contributed by atoms with Gasteiger partial charge in [0.15, 0.2) is 5.58 Å². The summed E-state index contributed by atoms with van der Waals surface area (Å²) in [6.45, 7) is 0. The molecule has 1 aromatic heterocycles. The maximum atomic E-state index is 13.3. The molecule has 2 aromatic carbocycles. The predicted molar refractivity (Wildman–Crippen MR) is 88.2 cm³/mol. The van der Waals surface area contributed by atoms with Gasteiger partial charge in [-0.1, -0.05) is 18.2 Å². The molecule has 1 N–H and O–H groups in total. The number of fused-ring (bicyclic) bond motifs is 1. The quantitative estimate of drug-likeness (QED) is 0.714. The lowest BCUT2D eigenvalue weighted by Gasteiger charge is -2.02. The molecule has 4 nitrogen and oxygen atoms in total. The molecule has 0 bridgehead atoms. The van der Waals surface area contributed by atoms with Gasteiger partial charge in [0.05, 0.1) is 10.9 Å². The lowest BCUT2D eigenvalue weighted by atomic mass is 10.1. The summed E-state index contributed by atoms with van der Waals surface area (Å²) < 4.78 is 19.2. The van der Waals surface area contributed by atoms with Crippen molar-refractivity contribution in [3.8, 4) is 0 Å². The molecule has 0 amide bonds. The van der Waals surface area contributed by atoms with Crippen molar-refractivity contribution >= 4 is 44.6 Å². The van der Waals surface area contributed by atoms with Gasteiger partial charge in [0, 0.05) is 5.57 Å². The molecule has 116 valence electrons. The molecule has 0 spiro atoms. The van der Waals surface area contributed by atoms with Crippen molar-refractivity contribution in [3.05, 3.63) is 64.2 Å². The van der Waals surface area contributed by atoms with Crippen LogP contribution in [0.15, 0.2) is 51.4 Å². The Morgan fingerprint density at radius 1 is 1.30 bits per heavy atom. The van der Waals surface area contributed by atoms with E-state index in [2.05, 4.69) is 20.9 Å². The van der Waals surface area contributed by atoms with E-state index in [1.807, 2.05) is 12.1 Å². The summed E-state index contributed by atoms with van der Waals surface area (Å²) in [6.07, 6.45) is 1.38. The number of hydrogen-bond acceptors (Lipinski definition) is 3. The first-order valence-electron chi connectivity index (χ1n) is 6.76. The fourth-order valence-electron chi connectivity index (χ4n) is 2.16. The number of carboxylic acids is 1. The van der Waals surface area contributed by atoms with E-state index < -0.39 is 5.97 Å². The molecule has 0 unspecified atom stereocenters. The average molecular weight is 376 g/mol. The zero-order valence-electron chi connectivity index (χ0n) is 11.8. The van der Waals surface area contributed by atoms with Crippen LogP contribution >= 0.6 is 15.9 Å². The van der Waals surface area contributed by atoms with E-state index in [-0.39, 0.29) is 18.1 Å². The van der Waals surface area contributed by atoms with Gasteiger partial charge in [0.1, 0.15) is 11.3 Å². The lowest BCUT2D eigenvalue weighted by molar-refractivity contribution is -0.135. The van der Waals surface area contributed by atoms with E-state index in [0.717, 1.165) is 0 Å². The second-order valence-corrected chi connectivity index (χ2v) is 5.75. The molecule has 0 aliphatic rings. The van der Waals surface area contributed by atoms with Crippen molar-refractivity contribution in [2.45, 2.75) is 6.42 Å². The molecule has 3 rings (SSSR count). The third-order valence-electron chi connectivity index (χ3n) is 3.19. The molecule has 0 radical (unpaired) electrons. The van der Waals surface area contributed by atoms with Crippen LogP contribution in [0.4, 0.5) is 4.39 Å². The zero-order valence-corrected chi connectivity index (χ0v) is 13.4. The highest BCUT2D eigenvalue weighted by atomic mass is 79.9. The third kappa shape index (κ3) is 3.48. The first-order chi connectivity index (χ1) is 11.0. The summed E-state index contributed by atoms with van der Waals surface area (Å²) in [5, 5.41) is 9.12. The van der Waals surface area contributed by atoms with Crippen molar-refractivity contribution in [1.82, 2.24) is 4.98 Å². The largest absolute Gasteiger partial charge is 0.481 e. The number of carboxylic acid groups (broad SMARTS) is 1. The minimum Gasteiger partial charge on any atom is -0.481 e. The van der Waals surface area contributed by atoms with Crippen molar-refractivity contribution in [2.24, 2.45) is 0 Å². The minimum atomic E-state index is -1.00. The van der Waals surface area contributed by atoms with Crippen LogP contribution in [0.3, 0.4) is 0 Å². The van der Waals surface area contributed by atoms with Crippen LogP contribution in [0.25, 0.3) is 22.7 Å². The highest BCUT2D eigenvalue weighted by Crippen LogP contribution is 2.26. The molecule has 0 fully saturated rings. The van der Waals surface area contributed by atoms with E-state index >= 15 is 0 Å².